The molecule has 4 nitrogen and oxygen atoms in total. The Balaban J connectivity index is 2.77. The van der Waals surface area contributed by atoms with Crippen molar-refractivity contribution < 1.29 is 9.53 Å². The summed E-state index contributed by atoms with van der Waals surface area (Å²) < 4.78 is 4.66. The second kappa shape index (κ2) is 5.00. The average Bonchev–Trinajstić information content (AvgIpc) is 2.19. The van der Waals surface area contributed by atoms with Crippen molar-refractivity contribution in [1.29, 1.82) is 0 Å². The fourth-order valence-corrected chi connectivity index (χ4v) is 0.921. The van der Waals surface area contributed by atoms with E-state index in [1.165, 1.54) is 7.11 Å². The van der Waals surface area contributed by atoms with Crippen LogP contribution in [0.4, 0.5) is 5.82 Å². The van der Waals surface area contributed by atoms with E-state index in [9.17, 15) is 4.79 Å². The van der Waals surface area contributed by atoms with Gasteiger partial charge in [0.1, 0.15) is 12.4 Å². The van der Waals surface area contributed by atoms with Crippen LogP contribution in [0.2, 0.25) is 0 Å². The lowest BCUT2D eigenvalue weighted by Gasteiger charge is -2.04. The molecule has 0 aromatic carbocycles. The lowest BCUT2D eigenvalue weighted by atomic mass is 10.2. The summed E-state index contributed by atoms with van der Waals surface area (Å²) in [4.78, 5) is 15.1. The maximum Gasteiger partial charge on any atom is 0.251 e. The number of nitrogens with zero attached hydrogens (tertiary/aromatic N) is 1. The van der Waals surface area contributed by atoms with Crippen molar-refractivity contribution in [2.45, 2.75) is 0 Å². The van der Waals surface area contributed by atoms with Gasteiger partial charge in [-0.25, -0.2) is 4.98 Å². The lowest BCUT2D eigenvalue weighted by molar-refractivity contribution is -0.119. The van der Waals surface area contributed by atoms with E-state index < -0.39 is 0 Å². The molecule has 1 amide bonds. The van der Waals surface area contributed by atoms with E-state index in [2.05, 4.69) is 21.0 Å². The molecule has 0 spiro atoms. The number of rotatable bonds is 3. The zero-order valence-corrected chi connectivity index (χ0v) is 7.78. The zero-order valence-electron chi connectivity index (χ0n) is 7.78. The molecule has 0 saturated heterocycles. The minimum absolute atomic E-state index is 0.0133. The number of carbonyl (C=O) groups excluding carboxylic acids is 1. The highest BCUT2D eigenvalue weighted by atomic mass is 16.5. The second-order valence-corrected chi connectivity index (χ2v) is 2.53. The van der Waals surface area contributed by atoms with Gasteiger partial charge in [0.05, 0.1) is 5.56 Å². The van der Waals surface area contributed by atoms with Crippen LogP contribution in [0.15, 0.2) is 18.3 Å². The first-order chi connectivity index (χ1) is 6.77. The molecule has 0 bridgehead atoms. The molecule has 0 radical (unpaired) electrons. The van der Waals surface area contributed by atoms with Crippen LogP contribution in [0, 0.1) is 12.3 Å². The van der Waals surface area contributed by atoms with Gasteiger partial charge in [0.25, 0.3) is 5.91 Å². The van der Waals surface area contributed by atoms with Crippen LogP contribution >= 0.6 is 0 Å². The molecule has 1 aromatic rings. The van der Waals surface area contributed by atoms with Gasteiger partial charge < -0.3 is 10.1 Å². The molecular formula is C10H10N2O2. The molecule has 4 heteroatoms. The fourth-order valence-electron chi connectivity index (χ4n) is 0.921. The molecule has 1 aromatic heterocycles. The van der Waals surface area contributed by atoms with E-state index >= 15 is 0 Å². The van der Waals surface area contributed by atoms with Crippen molar-refractivity contribution in [2.75, 3.05) is 19.0 Å². The Morgan fingerprint density at radius 1 is 1.79 bits per heavy atom. The van der Waals surface area contributed by atoms with Crippen molar-refractivity contribution in [1.82, 2.24) is 4.98 Å². The monoisotopic (exact) mass is 190 g/mol. The Kier molecular flexibility index (Phi) is 3.65. The van der Waals surface area contributed by atoms with Gasteiger partial charge in [0, 0.05) is 13.3 Å². The highest BCUT2D eigenvalue weighted by Crippen LogP contribution is 2.08. The first kappa shape index (κ1) is 10.2. The summed E-state index contributed by atoms with van der Waals surface area (Å²) in [7, 11) is 1.44. The molecule has 0 aliphatic heterocycles. The van der Waals surface area contributed by atoms with Crippen molar-refractivity contribution in [3.05, 3.63) is 23.9 Å². The number of carbonyl (C=O) groups is 1. The molecule has 0 atom stereocenters. The molecule has 14 heavy (non-hydrogen) atoms. The summed E-state index contributed by atoms with van der Waals surface area (Å²) in [6.07, 6.45) is 6.79. The Bertz CT molecular complexity index is 369. The van der Waals surface area contributed by atoms with E-state index in [1.54, 1.807) is 18.3 Å². The van der Waals surface area contributed by atoms with E-state index in [-0.39, 0.29) is 12.5 Å². The first-order valence-electron chi connectivity index (χ1n) is 3.98. The number of hydrogen-bond acceptors (Lipinski definition) is 3. The number of hydrogen-bond donors (Lipinski definition) is 1. The third kappa shape index (κ3) is 2.57. The standard InChI is InChI=1S/C10H10N2O2/c1-3-8-5-4-6-11-10(8)12-9(13)7-14-2/h1,4-6H,7H2,2H3,(H,11,12,13). The van der Waals surface area contributed by atoms with Crippen LogP contribution in [0.5, 0.6) is 0 Å². The minimum atomic E-state index is -0.275. The number of ether oxygens (including phenoxy) is 1. The van der Waals surface area contributed by atoms with E-state index in [0.29, 0.717) is 11.4 Å². The van der Waals surface area contributed by atoms with E-state index in [4.69, 9.17) is 6.42 Å². The summed E-state index contributed by atoms with van der Waals surface area (Å²) in [6.45, 7) is -0.0133. The Morgan fingerprint density at radius 3 is 3.21 bits per heavy atom. The topological polar surface area (TPSA) is 51.2 Å². The third-order valence-electron chi connectivity index (χ3n) is 1.50. The van der Waals surface area contributed by atoms with Crippen LogP contribution in [-0.2, 0) is 9.53 Å². The maximum absolute atomic E-state index is 11.1. The Labute approximate surface area is 82.3 Å². The number of amides is 1. The normalized spacial score (nSPS) is 9.14. The quantitative estimate of drug-likeness (QED) is 0.712. The predicted molar refractivity (Wildman–Crippen MR) is 52.7 cm³/mol. The number of terminal acetylenes is 1. The van der Waals surface area contributed by atoms with Gasteiger partial charge in [-0.05, 0) is 12.1 Å². The molecule has 0 saturated carbocycles. The molecule has 0 aliphatic carbocycles. The van der Waals surface area contributed by atoms with Crippen molar-refractivity contribution in [3.63, 3.8) is 0 Å². The Morgan fingerprint density at radius 2 is 2.57 bits per heavy atom. The summed E-state index contributed by atoms with van der Waals surface area (Å²) in [5.74, 6) is 2.54. The van der Waals surface area contributed by atoms with Crippen molar-refractivity contribution in [3.8, 4) is 12.3 Å². The molecule has 1 rings (SSSR count). The highest BCUT2D eigenvalue weighted by Gasteiger charge is 2.05. The molecular weight excluding hydrogens is 180 g/mol. The zero-order chi connectivity index (χ0) is 10.4. The number of nitrogens with one attached hydrogen (secondary N) is 1. The van der Waals surface area contributed by atoms with Crippen LogP contribution in [0.1, 0.15) is 5.56 Å². The molecule has 0 unspecified atom stereocenters. The van der Waals surface area contributed by atoms with Gasteiger partial charge in [0.2, 0.25) is 0 Å². The van der Waals surface area contributed by atoms with Crippen molar-refractivity contribution in [2.24, 2.45) is 0 Å². The molecule has 0 aliphatic rings. The molecule has 1 N–H and O–H groups in total. The predicted octanol–water partition coefficient (Wildman–Crippen LogP) is 0.648. The highest BCUT2D eigenvalue weighted by molar-refractivity contribution is 5.91. The van der Waals surface area contributed by atoms with Crippen LogP contribution < -0.4 is 5.32 Å². The van der Waals surface area contributed by atoms with Gasteiger partial charge in [-0.3, -0.25) is 4.79 Å². The summed E-state index contributed by atoms with van der Waals surface area (Å²) in [5, 5.41) is 2.54. The summed E-state index contributed by atoms with van der Waals surface area (Å²) >= 11 is 0. The molecule has 1 heterocycles. The second-order valence-electron chi connectivity index (χ2n) is 2.53. The summed E-state index contributed by atoms with van der Waals surface area (Å²) in [6, 6.07) is 3.41. The van der Waals surface area contributed by atoms with Gasteiger partial charge in [-0.1, -0.05) is 5.92 Å². The number of anilines is 1. The SMILES string of the molecule is C#Cc1cccnc1NC(=O)COC. The van der Waals surface area contributed by atoms with Gasteiger partial charge >= 0.3 is 0 Å². The minimum Gasteiger partial charge on any atom is -0.375 e. The first-order valence-corrected chi connectivity index (χ1v) is 3.98. The number of aromatic nitrogens is 1. The van der Waals surface area contributed by atoms with Crippen LogP contribution in [0.25, 0.3) is 0 Å². The van der Waals surface area contributed by atoms with Gasteiger partial charge in [-0.2, -0.15) is 0 Å². The van der Waals surface area contributed by atoms with Gasteiger partial charge in [-0.15, -0.1) is 6.42 Å². The largest absolute Gasteiger partial charge is 0.375 e. The van der Waals surface area contributed by atoms with Crippen LogP contribution in [0.3, 0.4) is 0 Å². The average molecular weight is 190 g/mol. The third-order valence-corrected chi connectivity index (χ3v) is 1.50. The molecule has 0 fully saturated rings. The Hall–Kier alpha value is -1.86. The number of methoxy groups -OCH3 is 1. The lowest BCUT2D eigenvalue weighted by Crippen LogP contribution is -2.18. The fraction of sp³-hybridized carbons (Fsp3) is 0.200. The van der Waals surface area contributed by atoms with Crippen molar-refractivity contribution >= 4 is 11.7 Å². The summed E-state index contributed by atoms with van der Waals surface area (Å²) in [5.41, 5.74) is 0.553. The van der Waals surface area contributed by atoms with Gasteiger partial charge in [0.15, 0.2) is 0 Å². The maximum atomic E-state index is 11.1. The van der Waals surface area contributed by atoms with Crippen LogP contribution in [-0.4, -0.2) is 24.6 Å². The van der Waals surface area contributed by atoms with E-state index in [1.807, 2.05) is 0 Å². The number of pyridine rings is 1. The molecule has 72 valence electrons. The smallest absolute Gasteiger partial charge is 0.251 e. The van der Waals surface area contributed by atoms with E-state index in [0.717, 1.165) is 0 Å².